The highest BCUT2D eigenvalue weighted by molar-refractivity contribution is 6.10. The standard InChI is InChI=1S/C30H30N2O5/c1-5-35-24-17-20(10-11-23(24)36-15-13-18(2)3)27-26-28(33)21-8-6-7-9-22(21)37-29(26)30(34)32(27)25-16-19(4)12-14-31-25/h6-12,14,16-18,27H,5,13,15H2,1-4H3. The second-order valence-corrected chi connectivity index (χ2v) is 9.61. The van der Waals surface area contributed by atoms with E-state index in [2.05, 4.69) is 18.8 Å². The van der Waals surface area contributed by atoms with Crippen molar-refractivity contribution in [2.24, 2.45) is 5.92 Å². The minimum atomic E-state index is -0.735. The molecule has 37 heavy (non-hydrogen) atoms. The van der Waals surface area contributed by atoms with Crippen LogP contribution in [0, 0.1) is 12.8 Å². The van der Waals surface area contributed by atoms with Gasteiger partial charge in [0.15, 0.2) is 16.9 Å². The Labute approximate surface area is 215 Å². The molecule has 2 aromatic carbocycles. The van der Waals surface area contributed by atoms with Crippen LogP contribution >= 0.6 is 0 Å². The molecule has 1 aliphatic heterocycles. The zero-order valence-electron chi connectivity index (χ0n) is 21.5. The lowest BCUT2D eigenvalue weighted by molar-refractivity contribution is 0.0970. The van der Waals surface area contributed by atoms with Crippen LogP contribution in [0.4, 0.5) is 5.82 Å². The lowest BCUT2D eigenvalue weighted by Gasteiger charge is -2.25. The van der Waals surface area contributed by atoms with Crippen LogP contribution in [0.3, 0.4) is 0 Å². The number of para-hydroxylation sites is 1. The van der Waals surface area contributed by atoms with E-state index >= 15 is 0 Å². The highest BCUT2D eigenvalue weighted by Gasteiger charge is 2.44. The highest BCUT2D eigenvalue weighted by atomic mass is 16.5. The summed E-state index contributed by atoms with van der Waals surface area (Å²) in [5, 5.41) is 0.428. The first-order valence-electron chi connectivity index (χ1n) is 12.6. The third-order valence-corrected chi connectivity index (χ3v) is 6.46. The Morgan fingerprint density at radius 3 is 2.59 bits per heavy atom. The number of carbonyl (C=O) groups is 1. The summed E-state index contributed by atoms with van der Waals surface area (Å²) >= 11 is 0. The summed E-state index contributed by atoms with van der Waals surface area (Å²) in [7, 11) is 0. The lowest BCUT2D eigenvalue weighted by Crippen LogP contribution is -2.30. The number of hydrogen-bond acceptors (Lipinski definition) is 6. The SMILES string of the molecule is CCOc1cc(C2c3c(oc4ccccc4c3=O)C(=O)N2c2cc(C)ccn2)ccc1OCCC(C)C. The number of ether oxygens (including phenoxy) is 2. The Hall–Kier alpha value is -4.13. The first-order chi connectivity index (χ1) is 17.9. The average Bonchev–Trinajstić information content (AvgIpc) is 3.17. The second-order valence-electron chi connectivity index (χ2n) is 9.61. The van der Waals surface area contributed by atoms with E-state index in [0.29, 0.717) is 58.5 Å². The molecule has 0 bridgehead atoms. The fraction of sp³-hybridized carbons (Fsp3) is 0.300. The van der Waals surface area contributed by atoms with Crippen molar-refractivity contribution >= 4 is 22.7 Å². The fourth-order valence-electron chi connectivity index (χ4n) is 4.61. The van der Waals surface area contributed by atoms with E-state index in [0.717, 1.165) is 12.0 Å². The lowest BCUT2D eigenvalue weighted by atomic mass is 9.98. The molecule has 0 saturated carbocycles. The Kier molecular flexibility index (Phi) is 6.70. The van der Waals surface area contributed by atoms with Gasteiger partial charge in [-0.05, 0) is 73.7 Å². The molecule has 0 saturated heterocycles. The third kappa shape index (κ3) is 4.57. The maximum absolute atomic E-state index is 13.8. The number of benzene rings is 2. The molecule has 3 heterocycles. The van der Waals surface area contributed by atoms with Gasteiger partial charge in [-0.15, -0.1) is 0 Å². The predicted molar refractivity (Wildman–Crippen MR) is 143 cm³/mol. The van der Waals surface area contributed by atoms with Crippen LogP contribution in [-0.2, 0) is 0 Å². The van der Waals surface area contributed by atoms with Gasteiger partial charge in [0.2, 0.25) is 5.76 Å². The monoisotopic (exact) mass is 498 g/mol. The van der Waals surface area contributed by atoms with Gasteiger partial charge < -0.3 is 13.9 Å². The van der Waals surface area contributed by atoms with Crippen LogP contribution in [0.5, 0.6) is 11.5 Å². The van der Waals surface area contributed by atoms with Gasteiger partial charge in [-0.3, -0.25) is 14.5 Å². The number of anilines is 1. The first-order valence-corrected chi connectivity index (χ1v) is 12.6. The number of amides is 1. The molecule has 1 aliphatic rings. The minimum Gasteiger partial charge on any atom is -0.490 e. The van der Waals surface area contributed by atoms with Crippen LogP contribution in [0.25, 0.3) is 11.0 Å². The maximum Gasteiger partial charge on any atom is 0.296 e. The van der Waals surface area contributed by atoms with Gasteiger partial charge in [0, 0.05) is 6.20 Å². The zero-order valence-corrected chi connectivity index (χ0v) is 21.5. The first kappa shape index (κ1) is 24.6. The molecule has 1 unspecified atom stereocenters. The number of carbonyl (C=O) groups excluding carboxylic acids is 1. The van der Waals surface area contributed by atoms with Gasteiger partial charge in [0.25, 0.3) is 5.91 Å². The van der Waals surface area contributed by atoms with Crippen molar-refractivity contribution in [2.75, 3.05) is 18.1 Å². The predicted octanol–water partition coefficient (Wildman–Crippen LogP) is 6.07. The minimum absolute atomic E-state index is 0.0345. The number of aromatic nitrogens is 1. The molecular formula is C30H30N2O5. The van der Waals surface area contributed by atoms with E-state index in [1.165, 1.54) is 4.90 Å². The molecule has 4 aromatic rings. The largest absolute Gasteiger partial charge is 0.490 e. The summed E-state index contributed by atoms with van der Waals surface area (Å²) in [6.45, 7) is 9.14. The van der Waals surface area contributed by atoms with Gasteiger partial charge in [-0.1, -0.05) is 32.0 Å². The summed E-state index contributed by atoms with van der Waals surface area (Å²) in [5.74, 6) is 1.78. The molecule has 7 nitrogen and oxygen atoms in total. The van der Waals surface area contributed by atoms with E-state index in [1.807, 2.05) is 44.2 Å². The van der Waals surface area contributed by atoms with Crippen LogP contribution in [0.15, 0.2) is 70.0 Å². The molecule has 5 rings (SSSR count). The van der Waals surface area contributed by atoms with Crippen LogP contribution in [0.1, 0.15) is 60.5 Å². The number of pyridine rings is 1. The van der Waals surface area contributed by atoms with Gasteiger partial charge in [-0.2, -0.15) is 0 Å². The summed E-state index contributed by atoms with van der Waals surface area (Å²) in [6, 6.07) is 15.5. The van der Waals surface area contributed by atoms with Crippen molar-refractivity contribution < 1.29 is 18.7 Å². The number of aryl methyl sites for hydroxylation is 1. The van der Waals surface area contributed by atoms with E-state index in [4.69, 9.17) is 13.9 Å². The molecule has 190 valence electrons. The summed E-state index contributed by atoms with van der Waals surface area (Å²) in [6.07, 6.45) is 2.57. The second kappa shape index (κ2) is 10.1. The van der Waals surface area contributed by atoms with E-state index in [9.17, 15) is 9.59 Å². The van der Waals surface area contributed by atoms with Crippen molar-refractivity contribution in [1.29, 1.82) is 0 Å². The molecule has 0 radical (unpaired) electrons. The Balaban J connectivity index is 1.68. The van der Waals surface area contributed by atoms with E-state index in [-0.39, 0.29) is 11.2 Å². The molecule has 1 amide bonds. The van der Waals surface area contributed by atoms with E-state index in [1.54, 1.807) is 30.5 Å². The normalized spacial score (nSPS) is 14.9. The molecule has 0 fully saturated rings. The van der Waals surface area contributed by atoms with Crippen molar-refractivity contribution in [3.63, 3.8) is 0 Å². The number of hydrogen-bond donors (Lipinski definition) is 0. The Morgan fingerprint density at radius 2 is 1.84 bits per heavy atom. The summed E-state index contributed by atoms with van der Waals surface area (Å²) < 4.78 is 18.0. The number of nitrogens with zero attached hydrogens (tertiary/aromatic N) is 2. The fourth-order valence-corrected chi connectivity index (χ4v) is 4.61. The topological polar surface area (TPSA) is 81.9 Å². The van der Waals surface area contributed by atoms with Crippen molar-refractivity contribution in [1.82, 2.24) is 4.98 Å². The average molecular weight is 499 g/mol. The van der Waals surface area contributed by atoms with Gasteiger partial charge in [0.1, 0.15) is 11.4 Å². The molecule has 0 N–H and O–H groups in total. The Bertz CT molecular complexity index is 1520. The van der Waals surface area contributed by atoms with Gasteiger partial charge in [-0.25, -0.2) is 4.98 Å². The molecule has 2 aromatic heterocycles. The van der Waals surface area contributed by atoms with Crippen molar-refractivity contribution in [3.8, 4) is 11.5 Å². The van der Waals surface area contributed by atoms with Gasteiger partial charge in [0.05, 0.1) is 30.2 Å². The smallest absolute Gasteiger partial charge is 0.296 e. The quantitative estimate of drug-likeness (QED) is 0.293. The van der Waals surface area contributed by atoms with Gasteiger partial charge >= 0.3 is 0 Å². The van der Waals surface area contributed by atoms with E-state index < -0.39 is 11.9 Å². The third-order valence-electron chi connectivity index (χ3n) is 6.46. The van der Waals surface area contributed by atoms with Crippen LogP contribution in [-0.4, -0.2) is 24.1 Å². The molecule has 1 atom stereocenters. The van der Waals surface area contributed by atoms with Crippen molar-refractivity contribution in [2.45, 2.75) is 40.2 Å². The Morgan fingerprint density at radius 1 is 1.03 bits per heavy atom. The molecule has 0 spiro atoms. The molecular weight excluding hydrogens is 468 g/mol. The summed E-state index contributed by atoms with van der Waals surface area (Å²) in [5.41, 5.74) is 2.09. The number of fused-ring (bicyclic) bond motifs is 2. The van der Waals surface area contributed by atoms with Crippen LogP contribution < -0.4 is 19.8 Å². The summed E-state index contributed by atoms with van der Waals surface area (Å²) in [4.78, 5) is 33.5. The number of rotatable bonds is 8. The maximum atomic E-state index is 13.8. The highest BCUT2D eigenvalue weighted by Crippen LogP contribution is 2.43. The van der Waals surface area contributed by atoms with Crippen molar-refractivity contribution in [3.05, 3.63) is 93.5 Å². The zero-order chi connectivity index (χ0) is 26.1. The molecule has 0 aliphatic carbocycles. The van der Waals surface area contributed by atoms with Crippen LogP contribution in [0.2, 0.25) is 0 Å². The molecule has 7 heteroatoms.